The molecule has 0 bridgehead atoms. The van der Waals surface area contributed by atoms with Crippen molar-refractivity contribution in [3.05, 3.63) is 64.1 Å². The summed E-state index contributed by atoms with van der Waals surface area (Å²) in [6.45, 7) is 1.92. The number of carbonyl (C=O) groups excluding carboxylic acids is 1. The molecule has 0 heterocycles. The minimum Gasteiger partial charge on any atom is -0.480 e. The molecule has 0 spiro atoms. The van der Waals surface area contributed by atoms with Crippen molar-refractivity contribution < 1.29 is 18.3 Å². The van der Waals surface area contributed by atoms with Gasteiger partial charge >= 0.3 is 0 Å². The summed E-state index contributed by atoms with van der Waals surface area (Å²) in [4.78, 5) is 14.1. The predicted molar refractivity (Wildman–Crippen MR) is 94.8 cm³/mol. The molecule has 1 atom stereocenters. The number of rotatable bonds is 6. The van der Waals surface area contributed by atoms with Gasteiger partial charge in [0.25, 0.3) is 5.91 Å². The quantitative estimate of drug-likeness (QED) is 0.672. The first kappa shape index (κ1) is 18.9. The van der Waals surface area contributed by atoms with Gasteiger partial charge in [0, 0.05) is 6.54 Å². The van der Waals surface area contributed by atoms with E-state index in [1.54, 1.807) is 19.1 Å². The van der Waals surface area contributed by atoms with Crippen molar-refractivity contribution >= 4 is 21.8 Å². The number of terminal acetylenes is 1. The molecule has 25 heavy (non-hydrogen) atoms. The Kier molecular flexibility index (Phi) is 6.54. The first-order valence-electron chi connectivity index (χ1n) is 7.49. The average molecular weight is 408 g/mol. The van der Waals surface area contributed by atoms with Crippen LogP contribution in [0.1, 0.15) is 12.5 Å². The number of halogens is 3. The molecule has 0 radical (unpaired) electrons. The van der Waals surface area contributed by atoms with Gasteiger partial charge in [-0.2, -0.15) is 0 Å². The maximum Gasteiger partial charge on any atom is 0.264 e. The Labute approximate surface area is 153 Å². The number of hydrogen-bond donors (Lipinski definition) is 0. The Bertz CT molecular complexity index is 787. The van der Waals surface area contributed by atoms with Gasteiger partial charge in [0.1, 0.15) is 17.4 Å². The number of carbonyl (C=O) groups is 1. The molecule has 1 amide bonds. The number of benzene rings is 2. The molecule has 130 valence electrons. The second kappa shape index (κ2) is 8.63. The van der Waals surface area contributed by atoms with Crippen LogP contribution in [-0.2, 0) is 11.3 Å². The lowest BCUT2D eigenvalue weighted by molar-refractivity contribution is -0.137. The van der Waals surface area contributed by atoms with Gasteiger partial charge < -0.3 is 9.64 Å². The van der Waals surface area contributed by atoms with E-state index >= 15 is 0 Å². The molecule has 6 heteroatoms. The topological polar surface area (TPSA) is 29.5 Å². The fourth-order valence-corrected chi connectivity index (χ4v) is 2.65. The third kappa shape index (κ3) is 5.30. The Balaban J connectivity index is 2.10. The lowest BCUT2D eigenvalue weighted by Crippen LogP contribution is -2.40. The first-order valence-corrected chi connectivity index (χ1v) is 8.28. The lowest BCUT2D eigenvalue weighted by Gasteiger charge is -2.24. The fraction of sp³-hybridized carbons (Fsp3) is 0.211. The van der Waals surface area contributed by atoms with Gasteiger partial charge in [0.15, 0.2) is 6.10 Å². The zero-order valence-electron chi connectivity index (χ0n) is 13.5. The van der Waals surface area contributed by atoms with Gasteiger partial charge in [0.2, 0.25) is 0 Å². The maximum atomic E-state index is 13.1. The van der Waals surface area contributed by atoms with E-state index < -0.39 is 11.9 Å². The van der Waals surface area contributed by atoms with Gasteiger partial charge in [-0.1, -0.05) is 18.1 Å². The van der Waals surface area contributed by atoms with Crippen LogP contribution in [0, 0.1) is 24.0 Å². The smallest absolute Gasteiger partial charge is 0.264 e. The molecule has 2 aromatic rings. The van der Waals surface area contributed by atoms with E-state index in [4.69, 9.17) is 11.2 Å². The minimum absolute atomic E-state index is 0.0918. The van der Waals surface area contributed by atoms with E-state index in [1.807, 2.05) is 0 Å². The van der Waals surface area contributed by atoms with Crippen LogP contribution in [0.25, 0.3) is 0 Å². The summed E-state index contributed by atoms with van der Waals surface area (Å²) in [6, 6.07) is 9.77. The summed E-state index contributed by atoms with van der Waals surface area (Å²) in [7, 11) is 0. The molecule has 2 rings (SSSR count). The monoisotopic (exact) mass is 407 g/mol. The Hall–Kier alpha value is -2.39. The normalized spacial score (nSPS) is 11.5. The average Bonchev–Trinajstić information content (AvgIpc) is 2.58. The number of hydrogen-bond acceptors (Lipinski definition) is 2. The second-order valence-corrected chi connectivity index (χ2v) is 6.21. The summed E-state index contributed by atoms with van der Waals surface area (Å²) in [5, 5.41) is 0. The van der Waals surface area contributed by atoms with Crippen LogP contribution in [0.4, 0.5) is 8.78 Å². The van der Waals surface area contributed by atoms with Crippen LogP contribution in [0.3, 0.4) is 0 Å². The highest BCUT2D eigenvalue weighted by Crippen LogP contribution is 2.26. The molecule has 0 aliphatic carbocycles. The predicted octanol–water partition coefficient (Wildman–Crippen LogP) is 4.16. The summed E-state index contributed by atoms with van der Waals surface area (Å²) in [6.07, 6.45) is 4.52. The van der Waals surface area contributed by atoms with Crippen molar-refractivity contribution in [3.63, 3.8) is 0 Å². The van der Waals surface area contributed by atoms with E-state index in [1.165, 1.54) is 35.2 Å². The van der Waals surface area contributed by atoms with Crippen molar-refractivity contribution in [1.82, 2.24) is 4.90 Å². The number of amides is 1. The Morgan fingerprint density at radius 2 is 1.88 bits per heavy atom. The molecule has 0 aliphatic rings. The van der Waals surface area contributed by atoms with Crippen LogP contribution in [0.2, 0.25) is 0 Å². The van der Waals surface area contributed by atoms with Gasteiger partial charge in [-0.05, 0) is 58.7 Å². The second-order valence-electron chi connectivity index (χ2n) is 5.36. The third-order valence-electron chi connectivity index (χ3n) is 3.43. The summed E-state index contributed by atoms with van der Waals surface area (Å²) < 4.78 is 32.2. The highest BCUT2D eigenvalue weighted by Gasteiger charge is 2.22. The summed E-state index contributed by atoms with van der Waals surface area (Å²) in [5.74, 6) is 1.70. The Morgan fingerprint density at radius 3 is 2.48 bits per heavy atom. The highest BCUT2D eigenvalue weighted by atomic mass is 79.9. The van der Waals surface area contributed by atoms with Crippen molar-refractivity contribution in [2.75, 3.05) is 6.54 Å². The van der Waals surface area contributed by atoms with Gasteiger partial charge in [-0.3, -0.25) is 4.79 Å². The summed E-state index contributed by atoms with van der Waals surface area (Å²) in [5.41, 5.74) is 0.750. The molecule has 1 unspecified atom stereocenters. The van der Waals surface area contributed by atoms with Crippen molar-refractivity contribution in [2.24, 2.45) is 0 Å². The number of ether oxygens (including phenoxy) is 1. The van der Waals surface area contributed by atoms with Crippen LogP contribution >= 0.6 is 15.9 Å². The van der Waals surface area contributed by atoms with E-state index in [2.05, 4.69) is 21.9 Å². The standard InChI is InChI=1S/C19H16BrF2NO2/c1-3-10-23(12-14-4-6-15(21)7-5-14)19(24)13(2)25-18-9-8-16(22)11-17(18)20/h1,4-9,11,13H,10,12H2,2H3. The van der Waals surface area contributed by atoms with E-state index in [0.717, 1.165) is 5.56 Å². The van der Waals surface area contributed by atoms with E-state index in [-0.39, 0.29) is 24.8 Å². The molecular formula is C19H16BrF2NO2. The number of nitrogens with zero attached hydrogens (tertiary/aromatic N) is 1. The molecule has 3 nitrogen and oxygen atoms in total. The zero-order chi connectivity index (χ0) is 18.4. The van der Waals surface area contributed by atoms with Crippen molar-refractivity contribution in [3.8, 4) is 18.1 Å². The highest BCUT2D eigenvalue weighted by molar-refractivity contribution is 9.10. The minimum atomic E-state index is -0.824. The van der Waals surface area contributed by atoms with Crippen LogP contribution < -0.4 is 4.74 Å². The summed E-state index contributed by atoms with van der Waals surface area (Å²) >= 11 is 3.20. The Morgan fingerprint density at radius 1 is 1.24 bits per heavy atom. The molecule has 0 aliphatic heterocycles. The van der Waals surface area contributed by atoms with Crippen LogP contribution in [0.15, 0.2) is 46.9 Å². The first-order chi connectivity index (χ1) is 11.9. The van der Waals surface area contributed by atoms with Crippen LogP contribution in [0.5, 0.6) is 5.75 Å². The fourth-order valence-electron chi connectivity index (χ4n) is 2.20. The van der Waals surface area contributed by atoms with Crippen LogP contribution in [-0.4, -0.2) is 23.5 Å². The molecule has 0 aromatic heterocycles. The van der Waals surface area contributed by atoms with Gasteiger partial charge in [-0.15, -0.1) is 6.42 Å². The van der Waals surface area contributed by atoms with Gasteiger partial charge in [-0.25, -0.2) is 8.78 Å². The molecule has 0 N–H and O–H groups in total. The van der Waals surface area contributed by atoms with E-state index in [0.29, 0.717) is 10.2 Å². The SMILES string of the molecule is C#CCN(Cc1ccc(F)cc1)C(=O)C(C)Oc1ccc(F)cc1Br. The third-order valence-corrected chi connectivity index (χ3v) is 4.05. The molecule has 2 aromatic carbocycles. The molecule has 0 fully saturated rings. The lowest BCUT2D eigenvalue weighted by atomic mass is 10.2. The van der Waals surface area contributed by atoms with Crippen molar-refractivity contribution in [1.29, 1.82) is 0 Å². The molecule has 0 saturated heterocycles. The van der Waals surface area contributed by atoms with Crippen molar-refractivity contribution in [2.45, 2.75) is 19.6 Å². The van der Waals surface area contributed by atoms with Gasteiger partial charge in [0.05, 0.1) is 11.0 Å². The molecular weight excluding hydrogens is 392 g/mol. The van der Waals surface area contributed by atoms with E-state index in [9.17, 15) is 13.6 Å². The largest absolute Gasteiger partial charge is 0.480 e. The molecule has 0 saturated carbocycles. The zero-order valence-corrected chi connectivity index (χ0v) is 15.1. The maximum absolute atomic E-state index is 13.1.